The van der Waals surface area contributed by atoms with Crippen LogP contribution in [-0.4, -0.2) is 30.1 Å². The van der Waals surface area contributed by atoms with Gasteiger partial charge >= 0.3 is 5.97 Å². The molecule has 0 saturated heterocycles. The molecule has 0 fully saturated rings. The standard InChI is InChI=1S/C16H21NO4/c1-2-11(9-14(18)19)10-17-16(20)15-13-6-4-3-5-12(13)7-8-21-15/h3-6,11,15H,2,7-10H2,1H3,(H,17,20)(H,18,19). The van der Waals surface area contributed by atoms with E-state index >= 15 is 0 Å². The molecule has 1 amide bonds. The van der Waals surface area contributed by atoms with Gasteiger partial charge in [0.25, 0.3) is 5.91 Å². The Morgan fingerprint density at radius 2 is 2.19 bits per heavy atom. The van der Waals surface area contributed by atoms with Gasteiger partial charge in [-0.1, -0.05) is 37.6 Å². The monoisotopic (exact) mass is 291 g/mol. The van der Waals surface area contributed by atoms with Crippen molar-refractivity contribution in [1.29, 1.82) is 0 Å². The third-order valence-corrected chi connectivity index (χ3v) is 3.84. The van der Waals surface area contributed by atoms with E-state index in [1.54, 1.807) is 0 Å². The summed E-state index contributed by atoms with van der Waals surface area (Å²) in [4.78, 5) is 23.0. The highest BCUT2D eigenvalue weighted by molar-refractivity contribution is 5.83. The van der Waals surface area contributed by atoms with Crippen LogP contribution in [0.3, 0.4) is 0 Å². The van der Waals surface area contributed by atoms with Crippen LogP contribution in [0.15, 0.2) is 24.3 Å². The highest BCUT2D eigenvalue weighted by atomic mass is 16.5. The number of hydrogen-bond acceptors (Lipinski definition) is 3. The van der Waals surface area contributed by atoms with Gasteiger partial charge in [0.15, 0.2) is 6.10 Å². The average Bonchev–Trinajstić information content (AvgIpc) is 2.50. The Kier molecular flexibility index (Phi) is 5.33. The third kappa shape index (κ3) is 4.04. The lowest BCUT2D eigenvalue weighted by Crippen LogP contribution is -2.36. The van der Waals surface area contributed by atoms with Gasteiger partial charge in [-0.05, 0) is 23.5 Å². The lowest BCUT2D eigenvalue weighted by molar-refractivity contribution is -0.139. The zero-order valence-electron chi connectivity index (χ0n) is 12.2. The summed E-state index contributed by atoms with van der Waals surface area (Å²) in [5, 5.41) is 11.6. The van der Waals surface area contributed by atoms with Crippen molar-refractivity contribution in [2.24, 2.45) is 5.92 Å². The van der Waals surface area contributed by atoms with E-state index in [0.29, 0.717) is 19.6 Å². The Hall–Kier alpha value is -1.88. The van der Waals surface area contributed by atoms with E-state index in [9.17, 15) is 9.59 Å². The molecule has 0 saturated carbocycles. The minimum absolute atomic E-state index is 0.0507. The molecular weight excluding hydrogens is 270 g/mol. The van der Waals surface area contributed by atoms with E-state index in [2.05, 4.69) is 5.32 Å². The van der Waals surface area contributed by atoms with Crippen LogP contribution in [0, 0.1) is 5.92 Å². The molecule has 2 unspecified atom stereocenters. The molecule has 1 aliphatic heterocycles. The number of ether oxygens (including phenoxy) is 1. The quantitative estimate of drug-likeness (QED) is 0.839. The molecule has 0 radical (unpaired) electrons. The minimum atomic E-state index is -0.838. The molecule has 1 aliphatic rings. The zero-order chi connectivity index (χ0) is 15.2. The molecule has 2 atom stereocenters. The predicted octanol–water partition coefficient (Wildman–Crippen LogP) is 1.92. The molecule has 5 nitrogen and oxygen atoms in total. The molecule has 2 rings (SSSR count). The summed E-state index contributed by atoms with van der Waals surface area (Å²) in [6, 6.07) is 7.77. The van der Waals surface area contributed by atoms with Crippen molar-refractivity contribution in [3.8, 4) is 0 Å². The number of carbonyl (C=O) groups is 2. The summed E-state index contributed by atoms with van der Waals surface area (Å²) in [6.07, 6.45) is 1.02. The molecule has 1 aromatic rings. The topological polar surface area (TPSA) is 75.6 Å². The number of rotatable bonds is 6. The maximum atomic E-state index is 12.3. The fraction of sp³-hybridized carbons (Fsp3) is 0.500. The van der Waals surface area contributed by atoms with Gasteiger partial charge in [-0.15, -0.1) is 0 Å². The Balaban J connectivity index is 1.97. The molecule has 21 heavy (non-hydrogen) atoms. The molecule has 0 aliphatic carbocycles. The molecule has 5 heteroatoms. The SMILES string of the molecule is CCC(CNC(=O)C1OCCc2ccccc21)CC(=O)O. The van der Waals surface area contributed by atoms with Gasteiger partial charge in [-0.3, -0.25) is 9.59 Å². The number of nitrogens with one attached hydrogen (secondary N) is 1. The van der Waals surface area contributed by atoms with Crippen LogP contribution in [0.25, 0.3) is 0 Å². The van der Waals surface area contributed by atoms with Gasteiger partial charge in [0.1, 0.15) is 0 Å². The molecule has 2 N–H and O–H groups in total. The molecule has 0 aromatic heterocycles. The van der Waals surface area contributed by atoms with Gasteiger partial charge in [-0.2, -0.15) is 0 Å². The van der Waals surface area contributed by atoms with Gasteiger partial charge in [0.05, 0.1) is 6.61 Å². The predicted molar refractivity (Wildman–Crippen MR) is 77.9 cm³/mol. The van der Waals surface area contributed by atoms with Crippen LogP contribution in [0.4, 0.5) is 0 Å². The van der Waals surface area contributed by atoms with Crippen molar-refractivity contribution < 1.29 is 19.4 Å². The molecule has 0 bridgehead atoms. The Morgan fingerprint density at radius 1 is 1.43 bits per heavy atom. The number of carboxylic acid groups (broad SMARTS) is 1. The second kappa shape index (κ2) is 7.22. The summed E-state index contributed by atoms with van der Waals surface area (Å²) in [7, 11) is 0. The first-order chi connectivity index (χ1) is 10.1. The highest BCUT2D eigenvalue weighted by Gasteiger charge is 2.27. The van der Waals surface area contributed by atoms with Crippen LogP contribution in [0.5, 0.6) is 0 Å². The van der Waals surface area contributed by atoms with Crippen molar-refractivity contribution in [3.63, 3.8) is 0 Å². The fourth-order valence-electron chi connectivity index (χ4n) is 2.56. The number of carboxylic acids is 1. The van der Waals surface area contributed by atoms with Crippen LogP contribution >= 0.6 is 0 Å². The normalized spacial score (nSPS) is 18.6. The molecule has 114 valence electrons. The first-order valence-electron chi connectivity index (χ1n) is 7.30. The zero-order valence-corrected chi connectivity index (χ0v) is 12.2. The van der Waals surface area contributed by atoms with Crippen molar-refractivity contribution in [1.82, 2.24) is 5.32 Å². The summed E-state index contributed by atoms with van der Waals surface area (Å²) in [5.74, 6) is -1.08. The number of amides is 1. The van der Waals surface area contributed by atoms with E-state index < -0.39 is 12.1 Å². The van der Waals surface area contributed by atoms with E-state index in [1.807, 2.05) is 31.2 Å². The maximum Gasteiger partial charge on any atom is 0.303 e. The third-order valence-electron chi connectivity index (χ3n) is 3.84. The minimum Gasteiger partial charge on any atom is -0.481 e. The number of aliphatic carboxylic acids is 1. The Bertz CT molecular complexity index is 515. The second-order valence-corrected chi connectivity index (χ2v) is 5.32. The number of fused-ring (bicyclic) bond motifs is 1. The van der Waals surface area contributed by atoms with E-state index in [-0.39, 0.29) is 18.2 Å². The molecular formula is C16H21NO4. The van der Waals surface area contributed by atoms with Crippen LogP contribution in [0.1, 0.15) is 37.0 Å². The summed E-state index contributed by atoms with van der Waals surface area (Å²) < 4.78 is 5.58. The fourth-order valence-corrected chi connectivity index (χ4v) is 2.56. The number of benzene rings is 1. The molecule has 1 aromatic carbocycles. The largest absolute Gasteiger partial charge is 0.481 e. The lowest BCUT2D eigenvalue weighted by atomic mass is 9.96. The van der Waals surface area contributed by atoms with Crippen molar-refractivity contribution >= 4 is 11.9 Å². The van der Waals surface area contributed by atoms with Gasteiger partial charge in [0, 0.05) is 13.0 Å². The number of hydrogen-bond donors (Lipinski definition) is 2. The highest BCUT2D eigenvalue weighted by Crippen LogP contribution is 2.27. The Labute approximate surface area is 124 Å². The summed E-state index contributed by atoms with van der Waals surface area (Å²) in [6.45, 7) is 2.82. The van der Waals surface area contributed by atoms with E-state index in [1.165, 1.54) is 0 Å². The molecule has 1 heterocycles. The van der Waals surface area contributed by atoms with Gasteiger partial charge in [-0.25, -0.2) is 0 Å². The van der Waals surface area contributed by atoms with Gasteiger partial charge in [0.2, 0.25) is 0 Å². The lowest BCUT2D eigenvalue weighted by Gasteiger charge is -2.25. The van der Waals surface area contributed by atoms with Crippen LogP contribution in [-0.2, 0) is 20.7 Å². The summed E-state index contributed by atoms with van der Waals surface area (Å²) in [5.41, 5.74) is 2.05. The van der Waals surface area contributed by atoms with Crippen LogP contribution < -0.4 is 5.32 Å². The maximum absolute atomic E-state index is 12.3. The van der Waals surface area contributed by atoms with Crippen LogP contribution in [0.2, 0.25) is 0 Å². The first-order valence-corrected chi connectivity index (χ1v) is 7.30. The van der Waals surface area contributed by atoms with E-state index in [0.717, 1.165) is 17.5 Å². The first kappa shape index (κ1) is 15.5. The molecule has 0 spiro atoms. The van der Waals surface area contributed by atoms with E-state index in [4.69, 9.17) is 9.84 Å². The second-order valence-electron chi connectivity index (χ2n) is 5.32. The van der Waals surface area contributed by atoms with Crippen molar-refractivity contribution in [2.45, 2.75) is 32.3 Å². The smallest absolute Gasteiger partial charge is 0.303 e. The summed E-state index contributed by atoms with van der Waals surface area (Å²) >= 11 is 0. The average molecular weight is 291 g/mol. The van der Waals surface area contributed by atoms with Crippen molar-refractivity contribution in [3.05, 3.63) is 35.4 Å². The van der Waals surface area contributed by atoms with Gasteiger partial charge < -0.3 is 15.2 Å². The Morgan fingerprint density at radius 3 is 2.90 bits per heavy atom. The van der Waals surface area contributed by atoms with Crippen molar-refractivity contribution in [2.75, 3.05) is 13.2 Å². The number of carbonyl (C=O) groups excluding carboxylic acids is 1.